The van der Waals surface area contributed by atoms with Crippen LogP contribution in [-0.2, 0) is 6.54 Å². The van der Waals surface area contributed by atoms with Crippen LogP contribution >= 0.6 is 0 Å². The summed E-state index contributed by atoms with van der Waals surface area (Å²) in [6.45, 7) is 2.45. The van der Waals surface area contributed by atoms with Crippen LogP contribution < -0.4 is 5.32 Å². The molecule has 0 saturated carbocycles. The SMILES string of the molecule is C#CC(CCC)NCc1ccc([N+](=O)[O-])o1. The van der Waals surface area contributed by atoms with Crippen LogP contribution in [0.4, 0.5) is 5.88 Å². The van der Waals surface area contributed by atoms with Gasteiger partial charge in [0.2, 0.25) is 0 Å². The molecule has 0 radical (unpaired) electrons. The standard InChI is InChI=1S/C11H14N2O3/c1-3-5-9(4-2)12-8-10-6-7-11(16-10)13(14)15/h2,6-7,9,12H,3,5,8H2,1H3. The van der Waals surface area contributed by atoms with Crippen molar-refractivity contribution >= 4 is 5.88 Å². The summed E-state index contributed by atoms with van der Waals surface area (Å²) in [6, 6.07) is 2.89. The second-order valence-electron chi connectivity index (χ2n) is 3.39. The third kappa shape index (κ3) is 3.41. The van der Waals surface area contributed by atoms with Crippen LogP contribution in [0.2, 0.25) is 0 Å². The molecule has 0 amide bonds. The zero-order chi connectivity index (χ0) is 12.0. The van der Waals surface area contributed by atoms with Crippen molar-refractivity contribution in [3.63, 3.8) is 0 Å². The molecule has 0 aliphatic heterocycles. The molecule has 0 saturated heterocycles. The molecule has 0 aromatic carbocycles. The van der Waals surface area contributed by atoms with Crippen LogP contribution in [0.25, 0.3) is 0 Å². The van der Waals surface area contributed by atoms with Crippen molar-refractivity contribution in [2.75, 3.05) is 0 Å². The Morgan fingerprint density at radius 2 is 2.44 bits per heavy atom. The molecule has 0 bridgehead atoms. The summed E-state index contributed by atoms with van der Waals surface area (Å²) in [5.74, 6) is 2.89. The lowest BCUT2D eigenvalue weighted by atomic mass is 10.2. The molecule has 1 N–H and O–H groups in total. The van der Waals surface area contributed by atoms with Crippen LogP contribution in [0.15, 0.2) is 16.5 Å². The fourth-order valence-corrected chi connectivity index (χ4v) is 1.32. The minimum Gasteiger partial charge on any atom is -0.404 e. The topological polar surface area (TPSA) is 68.3 Å². The van der Waals surface area contributed by atoms with Gasteiger partial charge in [-0.2, -0.15) is 0 Å². The third-order valence-electron chi connectivity index (χ3n) is 2.13. The van der Waals surface area contributed by atoms with E-state index in [2.05, 4.69) is 11.2 Å². The molecule has 0 aliphatic rings. The van der Waals surface area contributed by atoms with E-state index in [1.165, 1.54) is 6.07 Å². The van der Waals surface area contributed by atoms with Gasteiger partial charge in [-0.1, -0.05) is 19.3 Å². The second-order valence-corrected chi connectivity index (χ2v) is 3.39. The first-order chi connectivity index (χ1) is 7.67. The number of nitrogens with zero attached hydrogens (tertiary/aromatic N) is 1. The maximum Gasteiger partial charge on any atom is 0.433 e. The predicted molar refractivity (Wildman–Crippen MR) is 59.7 cm³/mol. The minimum atomic E-state index is -0.561. The highest BCUT2D eigenvalue weighted by Crippen LogP contribution is 2.15. The smallest absolute Gasteiger partial charge is 0.404 e. The van der Waals surface area contributed by atoms with Crippen molar-refractivity contribution in [1.82, 2.24) is 5.32 Å². The van der Waals surface area contributed by atoms with Crippen LogP contribution in [0, 0.1) is 22.5 Å². The van der Waals surface area contributed by atoms with Gasteiger partial charge in [-0.05, 0) is 12.5 Å². The third-order valence-corrected chi connectivity index (χ3v) is 2.13. The number of nitrogens with one attached hydrogen (secondary N) is 1. The number of hydrogen-bond donors (Lipinski definition) is 1. The van der Waals surface area contributed by atoms with Crippen molar-refractivity contribution in [2.45, 2.75) is 32.4 Å². The van der Waals surface area contributed by atoms with Gasteiger partial charge in [0.15, 0.2) is 0 Å². The van der Waals surface area contributed by atoms with Crippen LogP contribution in [0.5, 0.6) is 0 Å². The highest BCUT2D eigenvalue weighted by Gasteiger charge is 2.12. The van der Waals surface area contributed by atoms with E-state index in [0.717, 1.165) is 12.8 Å². The average molecular weight is 222 g/mol. The molecule has 86 valence electrons. The molecule has 1 unspecified atom stereocenters. The molecule has 5 heteroatoms. The summed E-state index contributed by atoms with van der Waals surface area (Å²) >= 11 is 0. The van der Waals surface area contributed by atoms with Crippen molar-refractivity contribution in [3.05, 3.63) is 28.0 Å². The fraction of sp³-hybridized carbons (Fsp3) is 0.455. The molecular weight excluding hydrogens is 208 g/mol. The lowest BCUT2D eigenvalue weighted by molar-refractivity contribution is -0.402. The largest absolute Gasteiger partial charge is 0.433 e. The molecule has 0 spiro atoms. The summed E-state index contributed by atoms with van der Waals surface area (Å²) in [7, 11) is 0. The van der Waals surface area contributed by atoms with Crippen molar-refractivity contribution in [1.29, 1.82) is 0 Å². The van der Waals surface area contributed by atoms with Gasteiger partial charge >= 0.3 is 5.88 Å². The quantitative estimate of drug-likeness (QED) is 0.454. The summed E-state index contributed by atoms with van der Waals surface area (Å²) in [5.41, 5.74) is 0. The molecule has 5 nitrogen and oxygen atoms in total. The maximum absolute atomic E-state index is 10.4. The molecule has 0 fully saturated rings. The Kier molecular flexibility index (Phi) is 4.55. The van der Waals surface area contributed by atoms with Crippen LogP contribution in [-0.4, -0.2) is 11.0 Å². The maximum atomic E-state index is 10.4. The number of furan rings is 1. The van der Waals surface area contributed by atoms with Gasteiger partial charge in [-0.25, -0.2) is 0 Å². The molecule has 1 aromatic rings. The Morgan fingerprint density at radius 3 is 2.94 bits per heavy atom. The zero-order valence-corrected chi connectivity index (χ0v) is 9.10. The van der Waals surface area contributed by atoms with E-state index in [4.69, 9.17) is 10.8 Å². The van der Waals surface area contributed by atoms with E-state index in [0.29, 0.717) is 12.3 Å². The van der Waals surface area contributed by atoms with Gasteiger partial charge in [-0.3, -0.25) is 15.4 Å². The first-order valence-electron chi connectivity index (χ1n) is 5.10. The van der Waals surface area contributed by atoms with Gasteiger partial charge in [0.25, 0.3) is 0 Å². The molecule has 16 heavy (non-hydrogen) atoms. The average Bonchev–Trinajstić information content (AvgIpc) is 2.73. The Bertz CT molecular complexity index is 392. The number of hydrogen-bond acceptors (Lipinski definition) is 4. The normalized spacial score (nSPS) is 12.0. The highest BCUT2D eigenvalue weighted by molar-refractivity contribution is 5.17. The van der Waals surface area contributed by atoms with Gasteiger partial charge in [0, 0.05) is 0 Å². The lowest BCUT2D eigenvalue weighted by Crippen LogP contribution is -2.26. The zero-order valence-electron chi connectivity index (χ0n) is 9.10. The summed E-state index contributed by atoms with van der Waals surface area (Å²) < 4.78 is 4.99. The first-order valence-corrected chi connectivity index (χ1v) is 5.10. The van der Waals surface area contributed by atoms with Crippen molar-refractivity contribution in [3.8, 4) is 12.3 Å². The van der Waals surface area contributed by atoms with Crippen molar-refractivity contribution < 1.29 is 9.34 Å². The van der Waals surface area contributed by atoms with E-state index < -0.39 is 4.92 Å². The Hall–Kier alpha value is -1.80. The van der Waals surface area contributed by atoms with Crippen LogP contribution in [0.1, 0.15) is 25.5 Å². The highest BCUT2D eigenvalue weighted by atomic mass is 16.6. The Labute approximate surface area is 94.0 Å². The molecule has 1 rings (SSSR count). The van der Waals surface area contributed by atoms with Gasteiger partial charge < -0.3 is 4.42 Å². The number of nitro groups is 1. The summed E-state index contributed by atoms with van der Waals surface area (Å²) in [6.07, 6.45) is 7.19. The second kappa shape index (κ2) is 5.93. The summed E-state index contributed by atoms with van der Waals surface area (Å²) in [5, 5.41) is 13.5. The molecular formula is C11H14N2O3. The summed E-state index contributed by atoms with van der Waals surface area (Å²) in [4.78, 5) is 9.81. The van der Waals surface area contributed by atoms with Gasteiger partial charge in [0.1, 0.15) is 10.7 Å². The Balaban J connectivity index is 2.48. The number of rotatable bonds is 6. The molecule has 1 aromatic heterocycles. The molecule has 1 heterocycles. The van der Waals surface area contributed by atoms with Gasteiger partial charge in [0.05, 0.1) is 18.7 Å². The van der Waals surface area contributed by atoms with Crippen molar-refractivity contribution in [2.24, 2.45) is 0 Å². The predicted octanol–water partition coefficient (Wildman–Crippen LogP) is 2.08. The van der Waals surface area contributed by atoms with E-state index in [1.54, 1.807) is 6.07 Å². The fourth-order valence-electron chi connectivity index (χ4n) is 1.32. The molecule has 0 aliphatic carbocycles. The van der Waals surface area contributed by atoms with E-state index in [1.807, 2.05) is 6.92 Å². The van der Waals surface area contributed by atoms with E-state index >= 15 is 0 Å². The van der Waals surface area contributed by atoms with Crippen LogP contribution in [0.3, 0.4) is 0 Å². The molecule has 1 atom stereocenters. The van der Waals surface area contributed by atoms with E-state index in [-0.39, 0.29) is 11.9 Å². The Morgan fingerprint density at radius 1 is 1.69 bits per heavy atom. The number of terminal acetylenes is 1. The van der Waals surface area contributed by atoms with Gasteiger partial charge in [-0.15, -0.1) is 6.42 Å². The monoisotopic (exact) mass is 222 g/mol. The minimum absolute atomic E-state index is 0.0193. The van der Waals surface area contributed by atoms with E-state index in [9.17, 15) is 10.1 Å². The lowest BCUT2D eigenvalue weighted by Gasteiger charge is -2.09. The first kappa shape index (κ1) is 12.3.